The molecule has 1 fully saturated rings. The Kier molecular flexibility index (Phi) is 2.14. The highest BCUT2D eigenvalue weighted by molar-refractivity contribution is 5.90. The third-order valence-corrected chi connectivity index (χ3v) is 3.10. The fraction of sp³-hybridized carbons (Fsp3) is 0.250. The van der Waals surface area contributed by atoms with Crippen molar-refractivity contribution >= 4 is 5.91 Å². The summed E-state index contributed by atoms with van der Waals surface area (Å²) in [6.45, 7) is 0. The van der Waals surface area contributed by atoms with Crippen molar-refractivity contribution in [2.24, 2.45) is 17.1 Å². The Hall–Kier alpha value is -2.33. The molecule has 2 rings (SSSR count). The number of rotatable bonds is 2. The average Bonchev–Trinajstić information content (AvgIpc) is 2.99. The summed E-state index contributed by atoms with van der Waals surface area (Å²) in [7, 11) is 0. The van der Waals surface area contributed by atoms with Gasteiger partial charge < -0.3 is 5.73 Å². The molecule has 1 aliphatic carbocycles. The van der Waals surface area contributed by atoms with E-state index in [1.807, 2.05) is 30.3 Å². The molecule has 1 aromatic carbocycles. The lowest BCUT2D eigenvalue weighted by Gasteiger charge is -2.02. The summed E-state index contributed by atoms with van der Waals surface area (Å²) in [6.07, 6.45) is 0. The molecular weight excluding hydrogens is 202 g/mol. The Morgan fingerprint density at radius 2 is 1.94 bits per heavy atom. The van der Waals surface area contributed by atoms with Crippen LogP contribution in [0.5, 0.6) is 0 Å². The van der Waals surface area contributed by atoms with E-state index in [1.54, 1.807) is 12.1 Å². The molecule has 16 heavy (non-hydrogen) atoms. The van der Waals surface area contributed by atoms with Gasteiger partial charge in [0.05, 0.1) is 18.1 Å². The normalized spacial score (nSPS) is 31.1. The van der Waals surface area contributed by atoms with Crippen molar-refractivity contribution in [2.75, 3.05) is 0 Å². The largest absolute Gasteiger partial charge is 0.368 e. The van der Waals surface area contributed by atoms with E-state index < -0.39 is 17.2 Å². The minimum Gasteiger partial charge on any atom is -0.368 e. The van der Waals surface area contributed by atoms with Gasteiger partial charge in [-0.3, -0.25) is 4.79 Å². The minimum atomic E-state index is -1.34. The number of hydrogen-bond donors (Lipinski definition) is 1. The van der Waals surface area contributed by atoms with Crippen molar-refractivity contribution < 1.29 is 4.79 Å². The minimum absolute atomic E-state index is 0.388. The van der Waals surface area contributed by atoms with Crippen molar-refractivity contribution in [1.29, 1.82) is 10.5 Å². The van der Waals surface area contributed by atoms with Crippen LogP contribution in [0, 0.1) is 34.0 Å². The zero-order chi connectivity index (χ0) is 11.8. The molecule has 4 heteroatoms. The Morgan fingerprint density at radius 1 is 1.31 bits per heavy atom. The lowest BCUT2D eigenvalue weighted by atomic mass is 10.00. The fourth-order valence-electron chi connectivity index (χ4n) is 2.18. The highest BCUT2D eigenvalue weighted by Crippen LogP contribution is 2.63. The lowest BCUT2D eigenvalue weighted by molar-refractivity contribution is -0.121. The average molecular weight is 211 g/mol. The molecule has 0 saturated heterocycles. The topological polar surface area (TPSA) is 90.7 Å². The first-order valence-electron chi connectivity index (χ1n) is 4.84. The monoisotopic (exact) mass is 211 g/mol. The summed E-state index contributed by atoms with van der Waals surface area (Å²) >= 11 is 0. The summed E-state index contributed by atoms with van der Waals surface area (Å²) in [6, 6.07) is 13.0. The van der Waals surface area contributed by atoms with E-state index in [0.717, 1.165) is 5.56 Å². The number of nitrogens with two attached hydrogens (primary N) is 1. The molecule has 0 radical (unpaired) electrons. The van der Waals surface area contributed by atoms with Gasteiger partial charge in [-0.2, -0.15) is 10.5 Å². The maximum atomic E-state index is 11.3. The smallest absolute Gasteiger partial charge is 0.239 e. The van der Waals surface area contributed by atoms with Gasteiger partial charge in [0.15, 0.2) is 5.41 Å². The van der Waals surface area contributed by atoms with Crippen LogP contribution in [0.3, 0.4) is 0 Å². The number of benzene rings is 1. The van der Waals surface area contributed by atoms with Gasteiger partial charge in [0, 0.05) is 5.92 Å². The quantitative estimate of drug-likeness (QED) is 0.788. The van der Waals surface area contributed by atoms with Gasteiger partial charge in [0.1, 0.15) is 0 Å². The van der Waals surface area contributed by atoms with E-state index in [4.69, 9.17) is 16.3 Å². The van der Waals surface area contributed by atoms with Crippen LogP contribution >= 0.6 is 0 Å². The van der Waals surface area contributed by atoms with Gasteiger partial charge in [-0.05, 0) is 5.56 Å². The fourth-order valence-corrected chi connectivity index (χ4v) is 2.18. The van der Waals surface area contributed by atoms with Crippen LogP contribution in [-0.2, 0) is 4.79 Å². The van der Waals surface area contributed by atoms with Gasteiger partial charge in [0.2, 0.25) is 5.91 Å². The van der Waals surface area contributed by atoms with Crippen LogP contribution in [-0.4, -0.2) is 5.91 Å². The maximum absolute atomic E-state index is 11.3. The van der Waals surface area contributed by atoms with E-state index in [-0.39, 0.29) is 5.92 Å². The SMILES string of the molecule is N#C[C@@H]1[C@@H](c2ccccc2)[C@]1(C#N)C(N)=O. The standard InChI is InChI=1S/C12H9N3O/c13-6-9-10(8-4-2-1-3-5-8)12(9,7-14)11(15)16/h1-5,9-10H,(H2,15,16)/t9-,10-,12-/m1/s1. The van der Waals surface area contributed by atoms with E-state index in [2.05, 4.69) is 0 Å². The highest BCUT2D eigenvalue weighted by Gasteiger charge is 2.71. The van der Waals surface area contributed by atoms with Crippen molar-refractivity contribution in [3.63, 3.8) is 0 Å². The van der Waals surface area contributed by atoms with E-state index in [9.17, 15) is 4.79 Å². The second-order valence-corrected chi connectivity index (χ2v) is 3.84. The molecule has 0 unspecified atom stereocenters. The molecule has 1 saturated carbocycles. The predicted octanol–water partition coefficient (Wildman–Crippen LogP) is 0.919. The third kappa shape index (κ3) is 1.11. The van der Waals surface area contributed by atoms with E-state index in [1.165, 1.54) is 0 Å². The number of carbonyl (C=O) groups is 1. The van der Waals surface area contributed by atoms with Gasteiger partial charge in [0.25, 0.3) is 0 Å². The van der Waals surface area contributed by atoms with Crippen molar-refractivity contribution in [3.8, 4) is 12.1 Å². The molecule has 0 spiro atoms. The molecule has 78 valence electrons. The first-order valence-corrected chi connectivity index (χ1v) is 4.84. The lowest BCUT2D eigenvalue weighted by Crippen LogP contribution is -2.26. The predicted molar refractivity (Wildman–Crippen MR) is 55.5 cm³/mol. The van der Waals surface area contributed by atoms with E-state index >= 15 is 0 Å². The number of nitrogens with zero attached hydrogens (tertiary/aromatic N) is 2. The van der Waals surface area contributed by atoms with E-state index in [0.29, 0.717) is 0 Å². The van der Waals surface area contributed by atoms with Crippen LogP contribution in [0.15, 0.2) is 30.3 Å². The van der Waals surface area contributed by atoms with Crippen molar-refractivity contribution in [2.45, 2.75) is 5.92 Å². The second kappa shape index (κ2) is 3.36. The number of nitriles is 2. The molecule has 2 N–H and O–H groups in total. The van der Waals surface area contributed by atoms with Crippen LogP contribution < -0.4 is 5.73 Å². The molecule has 1 amide bonds. The molecule has 1 aromatic rings. The van der Waals surface area contributed by atoms with Crippen molar-refractivity contribution in [1.82, 2.24) is 0 Å². The maximum Gasteiger partial charge on any atom is 0.239 e. The van der Waals surface area contributed by atoms with Crippen molar-refractivity contribution in [3.05, 3.63) is 35.9 Å². The Labute approximate surface area is 92.9 Å². The van der Waals surface area contributed by atoms with Gasteiger partial charge in [-0.1, -0.05) is 30.3 Å². The highest BCUT2D eigenvalue weighted by atomic mass is 16.1. The Bertz CT molecular complexity index is 511. The van der Waals surface area contributed by atoms with Gasteiger partial charge in [-0.25, -0.2) is 0 Å². The number of primary amides is 1. The summed E-state index contributed by atoms with van der Waals surface area (Å²) < 4.78 is 0. The van der Waals surface area contributed by atoms with Crippen LogP contribution in [0.25, 0.3) is 0 Å². The molecule has 4 nitrogen and oxygen atoms in total. The van der Waals surface area contributed by atoms with Crippen LogP contribution in [0.4, 0.5) is 0 Å². The Balaban J connectivity index is 2.44. The van der Waals surface area contributed by atoms with Crippen LogP contribution in [0.1, 0.15) is 11.5 Å². The summed E-state index contributed by atoms with van der Waals surface area (Å²) in [4.78, 5) is 11.3. The van der Waals surface area contributed by atoms with Gasteiger partial charge in [-0.15, -0.1) is 0 Å². The molecule has 3 atom stereocenters. The molecule has 0 bridgehead atoms. The zero-order valence-corrected chi connectivity index (χ0v) is 8.42. The zero-order valence-electron chi connectivity index (χ0n) is 8.42. The number of carbonyl (C=O) groups excluding carboxylic acids is 1. The number of amides is 1. The third-order valence-electron chi connectivity index (χ3n) is 3.10. The molecule has 1 aliphatic rings. The summed E-state index contributed by atoms with van der Waals surface area (Å²) in [5.74, 6) is -1.73. The summed E-state index contributed by atoms with van der Waals surface area (Å²) in [5.41, 5.74) is 4.70. The van der Waals surface area contributed by atoms with Crippen LogP contribution in [0.2, 0.25) is 0 Å². The second-order valence-electron chi connectivity index (χ2n) is 3.84. The molecule has 0 heterocycles. The molecular formula is C12H9N3O. The van der Waals surface area contributed by atoms with Gasteiger partial charge >= 0.3 is 0 Å². The molecule has 0 aliphatic heterocycles. The first kappa shape index (κ1) is 10.2. The first-order chi connectivity index (χ1) is 7.68. The Morgan fingerprint density at radius 3 is 2.31 bits per heavy atom. The molecule has 0 aromatic heterocycles. The summed E-state index contributed by atoms with van der Waals surface area (Å²) in [5, 5.41) is 18.0. The number of hydrogen-bond acceptors (Lipinski definition) is 3.